The summed E-state index contributed by atoms with van der Waals surface area (Å²) in [6.45, 7) is 4.03. The average Bonchev–Trinajstić information content (AvgIpc) is 3.33. The van der Waals surface area contributed by atoms with E-state index in [9.17, 15) is 10.1 Å². The van der Waals surface area contributed by atoms with Crippen molar-refractivity contribution in [1.82, 2.24) is 5.43 Å². The normalized spacial score (nSPS) is 13.0. The van der Waals surface area contributed by atoms with Gasteiger partial charge >= 0.3 is 0 Å². The van der Waals surface area contributed by atoms with E-state index in [0.717, 1.165) is 35.7 Å². The predicted octanol–water partition coefficient (Wildman–Crippen LogP) is 7.29. The lowest BCUT2D eigenvalue weighted by Gasteiger charge is -2.21. The highest BCUT2D eigenvalue weighted by Gasteiger charge is 2.16. The van der Waals surface area contributed by atoms with E-state index in [1.165, 1.54) is 76.3 Å². The van der Waals surface area contributed by atoms with E-state index >= 15 is 0 Å². The molecule has 0 saturated carbocycles. The van der Waals surface area contributed by atoms with Crippen molar-refractivity contribution in [3.63, 3.8) is 0 Å². The maximum Gasteiger partial charge on any atom is 0.269 e. The van der Waals surface area contributed by atoms with Crippen molar-refractivity contribution in [1.29, 1.82) is 0 Å². The molecule has 0 saturated heterocycles. The standard InChI is InChI=1S/C27H38N4O2/c1-2-3-4-5-6-7-8-9-10-11-21-28-24-14-18-25(19-15-24)30-22-20-27(29-30)23-12-16-26(17-13-23)31(32)33/h12-20,28-29H,2-11,21-22H2,1H3. The van der Waals surface area contributed by atoms with Gasteiger partial charge in [0.2, 0.25) is 0 Å². The molecule has 0 atom stereocenters. The number of hydrogen-bond donors (Lipinski definition) is 2. The van der Waals surface area contributed by atoms with E-state index in [-0.39, 0.29) is 10.6 Å². The van der Waals surface area contributed by atoms with E-state index in [1.54, 1.807) is 12.1 Å². The molecule has 1 heterocycles. The highest BCUT2D eigenvalue weighted by molar-refractivity contribution is 5.71. The molecule has 0 fully saturated rings. The molecule has 0 bridgehead atoms. The number of benzene rings is 2. The van der Waals surface area contributed by atoms with Crippen molar-refractivity contribution in [2.24, 2.45) is 0 Å². The fourth-order valence-corrected chi connectivity index (χ4v) is 4.14. The van der Waals surface area contributed by atoms with Crippen LogP contribution >= 0.6 is 0 Å². The summed E-state index contributed by atoms with van der Waals surface area (Å²) in [4.78, 5) is 10.5. The number of nitrogens with zero attached hydrogens (tertiary/aromatic N) is 2. The number of non-ortho nitro benzene ring substituents is 1. The van der Waals surface area contributed by atoms with Gasteiger partial charge in [-0.15, -0.1) is 0 Å². The second-order valence-electron chi connectivity index (χ2n) is 8.80. The Morgan fingerprint density at radius 3 is 2.09 bits per heavy atom. The van der Waals surface area contributed by atoms with Crippen LogP contribution in [-0.4, -0.2) is 18.0 Å². The van der Waals surface area contributed by atoms with Crippen LogP contribution in [0.5, 0.6) is 0 Å². The zero-order valence-corrected chi connectivity index (χ0v) is 19.9. The van der Waals surface area contributed by atoms with E-state index < -0.39 is 0 Å². The molecule has 2 N–H and O–H groups in total. The number of nitro benzene ring substituents is 1. The van der Waals surface area contributed by atoms with Gasteiger partial charge in [0.05, 0.1) is 22.9 Å². The Labute approximate surface area is 198 Å². The van der Waals surface area contributed by atoms with Gasteiger partial charge in [-0.2, -0.15) is 0 Å². The summed E-state index contributed by atoms with van der Waals surface area (Å²) in [5.41, 5.74) is 7.64. The molecular formula is C27H38N4O2. The third kappa shape index (κ3) is 8.12. The molecule has 1 aliphatic heterocycles. The molecule has 2 aromatic rings. The van der Waals surface area contributed by atoms with Crippen molar-refractivity contribution in [2.45, 2.75) is 71.1 Å². The summed E-state index contributed by atoms with van der Waals surface area (Å²) in [5.74, 6) is 0. The lowest BCUT2D eigenvalue weighted by molar-refractivity contribution is -0.384. The number of unbranched alkanes of at least 4 members (excludes halogenated alkanes) is 9. The largest absolute Gasteiger partial charge is 0.385 e. The van der Waals surface area contributed by atoms with E-state index in [4.69, 9.17) is 0 Å². The van der Waals surface area contributed by atoms with Crippen LogP contribution in [0.4, 0.5) is 17.1 Å². The first-order valence-corrected chi connectivity index (χ1v) is 12.5. The molecule has 3 rings (SSSR count). The van der Waals surface area contributed by atoms with Gasteiger partial charge in [0.25, 0.3) is 5.69 Å². The Hall–Kier alpha value is -3.02. The van der Waals surface area contributed by atoms with Crippen molar-refractivity contribution < 1.29 is 4.92 Å². The van der Waals surface area contributed by atoms with E-state index in [2.05, 4.69) is 53.0 Å². The van der Waals surface area contributed by atoms with Crippen LogP contribution in [0.25, 0.3) is 5.70 Å². The molecule has 2 aromatic carbocycles. The quantitative estimate of drug-likeness (QED) is 0.169. The molecule has 0 aromatic heterocycles. The van der Waals surface area contributed by atoms with Crippen molar-refractivity contribution in [3.8, 4) is 0 Å². The zero-order chi connectivity index (χ0) is 23.3. The molecule has 0 spiro atoms. The summed E-state index contributed by atoms with van der Waals surface area (Å²) < 4.78 is 0. The summed E-state index contributed by atoms with van der Waals surface area (Å²) >= 11 is 0. The van der Waals surface area contributed by atoms with Gasteiger partial charge in [-0.1, -0.05) is 64.7 Å². The van der Waals surface area contributed by atoms with Gasteiger partial charge in [0.15, 0.2) is 0 Å². The average molecular weight is 451 g/mol. The molecule has 0 aliphatic carbocycles. The monoisotopic (exact) mass is 450 g/mol. The first kappa shape index (κ1) is 24.6. The Balaban J connectivity index is 1.31. The number of nitrogens with one attached hydrogen (secondary N) is 2. The third-order valence-electron chi connectivity index (χ3n) is 6.16. The summed E-state index contributed by atoms with van der Waals surface area (Å²) in [6.07, 6.45) is 15.7. The van der Waals surface area contributed by atoms with Crippen LogP contribution in [0, 0.1) is 10.1 Å². The summed E-state index contributed by atoms with van der Waals surface area (Å²) in [5, 5.41) is 16.4. The molecule has 6 nitrogen and oxygen atoms in total. The number of anilines is 2. The lowest BCUT2D eigenvalue weighted by Crippen LogP contribution is -2.31. The fourth-order valence-electron chi connectivity index (χ4n) is 4.14. The Morgan fingerprint density at radius 2 is 1.48 bits per heavy atom. The number of rotatable bonds is 15. The number of hydrazine groups is 1. The minimum absolute atomic E-state index is 0.107. The van der Waals surface area contributed by atoms with Crippen LogP contribution in [0.1, 0.15) is 76.7 Å². The van der Waals surface area contributed by atoms with Gasteiger partial charge in [0, 0.05) is 24.4 Å². The molecule has 6 heteroatoms. The van der Waals surface area contributed by atoms with Gasteiger partial charge < -0.3 is 5.32 Å². The maximum atomic E-state index is 10.8. The van der Waals surface area contributed by atoms with Crippen molar-refractivity contribution in [2.75, 3.05) is 23.4 Å². The van der Waals surface area contributed by atoms with Gasteiger partial charge in [-0.05, 0) is 54.5 Å². The Bertz CT molecular complexity index is 878. The van der Waals surface area contributed by atoms with Gasteiger partial charge in [0.1, 0.15) is 0 Å². The fraction of sp³-hybridized carbons (Fsp3) is 0.481. The minimum atomic E-state index is -0.376. The molecular weight excluding hydrogens is 412 g/mol. The molecule has 1 aliphatic rings. The van der Waals surface area contributed by atoms with Crippen LogP contribution < -0.4 is 15.8 Å². The summed E-state index contributed by atoms with van der Waals surface area (Å²) in [6, 6.07) is 15.1. The Kier molecular flexibility index (Phi) is 10.1. The predicted molar refractivity (Wildman–Crippen MR) is 138 cm³/mol. The number of hydrogen-bond acceptors (Lipinski definition) is 5. The van der Waals surface area contributed by atoms with Crippen LogP contribution in [0.2, 0.25) is 0 Å². The summed E-state index contributed by atoms with van der Waals surface area (Å²) in [7, 11) is 0. The lowest BCUT2D eigenvalue weighted by atomic mass is 10.1. The SMILES string of the molecule is CCCCCCCCCCCCNc1ccc(N2CC=C(c3ccc([N+](=O)[O-])cc3)N2)cc1. The van der Waals surface area contributed by atoms with Crippen molar-refractivity contribution in [3.05, 3.63) is 70.3 Å². The van der Waals surface area contributed by atoms with Crippen LogP contribution in [0.15, 0.2) is 54.6 Å². The van der Waals surface area contributed by atoms with Gasteiger partial charge in [-0.25, -0.2) is 0 Å². The molecule has 33 heavy (non-hydrogen) atoms. The molecule has 0 amide bonds. The topological polar surface area (TPSA) is 70.4 Å². The minimum Gasteiger partial charge on any atom is -0.385 e. The first-order chi connectivity index (χ1) is 16.2. The molecule has 0 unspecified atom stereocenters. The maximum absolute atomic E-state index is 10.8. The highest BCUT2D eigenvalue weighted by atomic mass is 16.6. The molecule has 178 valence electrons. The van der Waals surface area contributed by atoms with E-state index in [0.29, 0.717) is 0 Å². The highest BCUT2D eigenvalue weighted by Crippen LogP contribution is 2.24. The van der Waals surface area contributed by atoms with Crippen LogP contribution in [-0.2, 0) is 0 Å². The van der Waals surface area contributed by atoms with Gasteiger partial charge in [-0.3, -0.25) is 20.5 Å². The Morgan fingerprint density at radius 1 is 0.879 bits per heavy atom. The van der Waals surface area contributed by atoms with Crippen molar-refractivity contribution >= 4 is 22.8 Å². The first-order valence-electron chi connectivity index (χ1n) is 12.5. The molecule has 0 radical (unpaired) electrons. The van der Waals surface area contributed by atoms with Crippen LogP contribution in [0.3, 0.4) is 0 Å². The zero-order valence-electron chi connectivity index (χ0n) is 19.9. The third-order valence-corrected chi connectivity index (χ3v) is 6.16. The number of nitro groups is 1. The smallest absolute Gasteiger partial charge is 0.269 e. The second kappa shape index (κ2) is 13.5. The second-order valence-corrected chi connectivity index (χ2v) is 8.80. The van der Waals surface area contributed by atoms with E-state index in [1.807, 2.05) is 0 Å².